The van der Waals surface area contributed by atoms with Crippen molar-refractivity contribution in [3.8, 4) is 11.5 Å². The summed E-state index contributed by atoms with van der Waals surface area (Å²) in [7, 11) is 1.29. The van der Waals surface area contributed by atoms with E-state index < -0.39 is 5.97 Å². The van der Waals surface area contributed by atoms with Gasteiger partial charge in [-0.15, -0.1) is 0 Å². The van der Waals surface area contributed by atoms with Gasteiger partial charge in [0.15, 0.2) is 16.7 Å². The van der Waals surface area contributed by atoms with Gasteiger partial charge in [-0.05, 0) is 55.0 Å². The van der Waals surface area contributed by atoms with Crippen LogP contribution in [0.1, 0.15) is 21.5 Å². The molecule has 0 radical (unpaired) electrons. The molecule has 37 heavy (non-hydrogen) atoms. The zero-order valence-corrected chi connectivity index (χ0v) is 21.0. The number of nitrogens with zero attached hydrogens (tertiary/aromatic N) is 2. The van der Waals surface area contributed by atoms with Crippen LogP contribution < -0.4 is 20.3 Å². The Bertz CT molecular complexity index is 1570. The number of carbonyl (C=O) groups excluding carboxylic acids is 2. The first-order valence-corrected chi connectivity index (χ1v) is 12.4. The first kappa shape index (κ1) is 24.4. The molecular formula is C27H23N3O6S. The number of rotatable bonds is 7. The molecule has 1 aliphatic heterocycles. The van der Waals surface area contributed by atoms with E-state index in [-0.39, 0.29) is 36.1 Å². The van der Waals surface area contributed by atoms with Crippen LogP contribution in [-0.2, 0) is 16.1 Å². The van der Waals surface area contributed by atoms with Crippen LogP contribution in [0.5, 0.6) is 11.5 Å². The van der Waals surface area contributed by atoms with Gasteiger partial charge in [-0.25, -0.2) is 9.78 Å². The van der Waals surface area contributed by atoms with Gasteiger partial charge >= 0.3 is 5.97 Å². The van der Waals surface area contributed by atoms with Crippen molar-refractivity contribution < 1.29 is 23.8 Å². The molecule has 4 aromatic rings. The number of benzene rings is 3. The maximum absolute atomic E-state index is 13.5. The lowest BCUT2D eigenvalue weighted by Gasteiger charge is -2.14. The average molecular weight is 518 g/mol. The monoisotopic (exact) mass is 517 g/mol. The van der Waals surface area contributed by atoms with Crippen LogP contribution in [0.15, 0.2) is 70.6 Å². The predicted molar refractivity (Wildman–Crippen MR) is 140 cm³/mol. The molecule has 0 spiro atoms. The molecule has 5 rings (SSSR count). The van der Waals surface area contributed by atoms with E-state index in [0.29, 0.717) is 33.2 Å². The molecule has 0 aliphatic carbocycles. The Morgan fingerprint density at radius 2 is 1.84 bits per heavy atom. The summed E-state index contributed by atoms with van der Waals surface area (Å²) in [5.41, 5.74) is 2.92. The number of ether oxygens (including phenoxy) is 3. The number of aryl methyl sites for hydroxylation is 1. The van der Waals surface area contributed by atoms with Gasteiger partial charge in [-0.1, -0.05) is 35.5 Å². The summed E-state index contributed by atoms with van der Waals surface area (Å²) in [5, 5.41) is 3.55. The van der Waals surface area contributed by atoms with Gasteiger partial charge in [0.25, 0.3) is 5.56 Å². The van der Waals surface area contributed by atoms with Crippen LogP contribution in [-0.4, -0.2) is 41.1 Å². The first-order valence-electron chi connectivity index (χ1n) is 11.4. The second-order valence-corrected chi connectivity index (χ2v) is 9.34. The Morgan fingerprint density at radius 1 is 1.05 bits per heavy atom. The first-order chi connectivity index (χ1) is 17.9. The second-order valence-electron chi connectivity index (χ2n) is 8.40. The fraction of sp³-hybridized carbons (Fsp3) is 0.185. The van der Waals surface area contributed by atoms with Crippen LogP contribution in [0.3, 0.4) is 0 Å². The highest BCUT2D eigenvalue weighted by Gasteiger charge is 2.18. The Kier molecular flexibility index (Phi) is 6.82. The zero-order chi connectivity index (χ0) is 25.9. The third-order valence-corrected chi connectivity index (χ3v) is 6.76. The molecule has 0 bridgehead atoms. The van der Waals surface area contributed by atoms with Crippen molar-refractivity contribution in [3.05, 3.63) is 87.7 Å². The minimum Gasteiger partial charge on any atom is -0.465 e. The summed E-state index contributed by atoms with van der Waals surface area (Å²) >= 11 is 1.14. The molecule has 10 heteroatoms. The number of methoxy groups -OCH3 is 1. The predicted octanol–water partition coefficient (Wildman–Crippen LogP) is 4.00. The number of esters is 1. The molecule has 9 nitrogen and oxygen atoms in total. The fourth-order valence-corrected chi connectivity index (χ4v) is 4.68. The molecular weight excluding hydrogens is 494 g/mol. The van der Waals surface area contributed by atoms with Gasteiger partial charge in [0.2, 0.25) is 12.7 Å². The number of thioether (sulfide) groups is 1. The summed E-state index contributed by atoms with van der Waals surface area (Å²) in [5.74, 6) is 0.518. The van der Waals surface area contributed by atoms with Gasteiger partial charge in [-0.2, -0.15) is 0 Å². The van der Waals surface area contributed by atoms with Crippen molar-refractivity contribution in [2.45, 2.75) is 18.6 Å². The Labute approximate surface area is 216 Å². The van der Waals surface area contributed by atoms with Crippen LogP contribution >= 0.6 is 11.8 Å². The molecule has 0 saturated carbocycles. The summed E-state index contributed by atoms with van der Waals surface area (Å²) < 4.78 is 17.2. The maximum atomic E-state index is 13.5. The van der Waals surface area contributed by atoms with E-state index in [0.717, 1.165) is 22.9 Å². The van der Waals surface area contributed by atoms with Gasteiger partial charge in [-0.3, -0.25) is 14.2 Å². The number of aromatic nitrogens is 2. The number of hydrogen-bond acceptors (Lipinski definition) is 8. The van der Waals surface area contributed by atoms with E-state index in [1.54, 1.807) is 12.1 Å². The van der Waals surface area contributed by atoms with Gasteiger partial charge < -0.3 is 19.5 Å². The van der Waals surface area contributed by atoms with Gasteiger partial charge in [0.1, 0.15) is 0 Å². The van der Waals surface area contributed by atoms with E-state index in [4.69, 9.17) is 14.2 Å². The Morgan fingerprint density at radius 3 is 2.62 bits per heavy atom. The smallest absolute Gasteiger partial charge is 0.337 e. The average Bonchev–Trinajstić information content (AvgIpc) is 3.38. The van der Waals surface area contributed by atoms with Crippen molar-refractivity contribution in [1.29, 1.82) is 0 Å². The van der Waals surface area contributed by atoms with E-state index in [1.807, 2.05) is 43.3 Å². The van der Waals surface area contributed by atoms with Crippen molar-refractivity contribution in [2.24, 2.45) is 0 Å². The van der Waals surface area contributed by atoms with Crippen molar-refractivity contribution in [3.63, 3.8) is 0 Å². The summed E-state index contributed by atoms with van der Waals surface area (Å²) in [4.78, 5) is 42.9. The van der Waals surface area contributed by atoms with E-state index in [9.17, 15) is 14.4 Å². The Hall–Kier alpha value is -4.31. The molecule has 0 fully saturated rings. The maximum Gasteiger partial charge on any atom is 0.337 e. The number of hydrogen-bond donors (Lipinski definition) is 1. The zero-order valence-electron chi connectivity index (χ0n) is 20.1. The number of nitrogens with one attached hydrogen (secondary N) is 1. The topological polar surface area (TPSA) is 109 Å². The summed E-state index contributed by atoms with van der Waals surface area (Å²) in [6.45, 7) is 2.33. The quantitative estimate of drug-likeness (QED) is 0.223. The molecule has 0 saturated heterocycles. The van der Waals surface area contributed by atoms with Crippen molar-refractivity contribution >= 4 is 40.2 Å². The number of amides is 1. The third kappa shape index (κ3) is 5.29. The summed E-state index contributed by atoms with van der Waals surface area (Å²) in [6.07, 6.45) is 0. The van der Waals surface area contributed by atoms with Crippen molar-refractivity contribution in [1.82, 2.24) is 9.55 Å². The number of anilines is 1. The van der Waals surface area contributed by atoms with Crippen LogP contribution in [0, 0.1) is 6.92 Å². The second kappa shape index (κ2) is 10.4. The molecule has 0 unspecified atom stereocenters. The lowest BCUT2D eigenvalue weighted by Crippen LogP contribution is -2.25. The van der Waals surface area contributed by atoms with E-state index in [1.165, 1.54) is 23.8 Å². The summed E-state index contributed by atoms with van der Waals surface area (Å²) in [6, 6.07) is 17.6. The minimum atomic E-state index is -0.528. The molecule has 1 aliphatic rings. The van der Waals surface area contributed by atoms with Crippen LogP contribution in [0.25, 0.3) is 10.9 Å². The number of carbonyl (C=O) groups is 2. The molecule has 1 amide bonds. The normalized spacial score (nSPS) is 11.9. The highest BCUT2D eigenvalue weighted by atomic mass is 32.2. The highest BCUT2D eigenvalue weighted by Crippen LogP contribution is 2.33. The molecule has 0 atom stereocenters. The van der Waals surface area contributed by atoms with E-state index in [2.05, 4.69) is 10.3 Å². The van der Waals surface area contributed by atoms with Crippen molar-refractivity contribution in [2.75, 3.05) is 25.0 Å². The standard InChI is InChI=1S/C27H23N3O6S/c1-16-3-7-19(8-4-16)28-24(31)14-37-27-29-21-12-18(26(33)34-2)6-9-20(21)25(32)30(27)13-17-5-10-22-23(11-17)36-15-35-22/h3-12H,13-15H2,1-2H3,(H,28,31). The molecule has 188 valence electrons. The largest absolute Gasteiger partial charge is 0.465 e. The lowest BCUT2D eigenvalue weighted by molar-refractivity contribution is -0.113. The van der Waals surface area contributed by atoms with Gasteiger partial charge in [0.05, 0.1) is 35.9 Å². The minimum absolute atomic E-state index is 0.0314. The number of fused-ring (bicyclic) bond motifs is 2. The Balaban J connectivity index is 1.48. The van der Waals surface area contributed by atoms with E-state index >= 15 is 0 Å². The molecule has 1 aromatic heterocycles. The fourth-order valence-electron chi connectivity index (χ4n) is 3.88. The van der Waals surface area contributed by atoms with Crippen LogP contribution in [0.4, 0.5) is 5.69 Å². The molecule has 2 heterocycles. The SMILES string of the molecule is COC(=O)c1ccc2c(=O)n(Cc3ccc4c(c3)OCO4)c(SCC(=O)Nc3ccc(C)cc3)nc2c1. The third-order valence-electron chi connectivity index (χ3n) is 5.79. The molecule has 1 N–H and O–H groups in total. The van der Waals surface area contributed by atoms with Crippen LogP contribution in [0.2, 0.25) is 0 Å². The highest BCUT2D eigenvalue weighted by molar-refractivity contribution is 7.99. The molecule has 3 aromatic carbocycles. The van der Waals surface area contributed by atoms with Gasteiger partial charge in [0, 0.05) is 5.69 Å². The lowest BCUT2D eigenvalue weighted by atomic mass is 10.1.